The molecule has 0 fully saturated rings. The number of non-ortho nitro benzene ring substituents is 1. The van der Waals surface area contributed by atoms with Gasteiger partial charge < -0.3 is 43.0 Å². The number of nitrogens with zero attached hydrogens (tertiary/aromatic N) is 3. The molecule has 0 aliphatic rings. The molecular formula is C44H38N4O10. The molecule has 0 spiro atoms. The Kier molecular flexibility index (Phi) is 11.0. The number of aromatic nitrogens is 2. The molecule has 0 saturated carbocycles. The maximum atomic E-state index is 10.9. The van der Waals surface area contributed by atoms with Gasteiger partial charge in [-0.2, -0.15) is 0 Å². The topological polar surface area (TPSA) is 177 Å². The molecule has 294 valence electrons. The van der Waals surface area contributed by atoms with E-state index in [9.17, 15) is 10.1 Å². The Hall–Kier alpha value is -7.74. The monoisotopic (exact) mass is 782 g/mol. The highest BCUT2D eigenvalue weighted by Gasteiger charge is 2.17. The number of hydrogen-bond donors (Lipinski definition) is 1. The summed E-state index contributed by atoms with van der Waals surface area (Å²) in [4.78, 5) is 19.4. The third kappa shape index (κ3) is 7.71. The first-order valence-electron chi connectivity index (χ1n) is 17.7. The van der Waals surface area contributed by atoms with Crippen molar-refractivity contribution in [3.8, 4) is 79.7 Å². The van der Waals surface area contributed by atoms with Gasteiger partial charge >= 0.3 is 0 Å². The molecule has 0 saturated heterocycles. The molecule has 58 heavy (non-hydrogen) atoms. The lowest BCUT2D eigenvalue weighted by Gasteiger charge is -2.14. The lowest BCUT2D eigenvalue weighted by atomic mass is 10.0. The first-order chi connectivity index (χ1) is 28.2. The molecule has 14 heteroatoms. The van der Waals surface area contributed by atoms with E-state index in [1.807, 2.05) is 78.9 Å². The van der Waals surface area contributed by atoms with E-state index >= 15 is 0 Å². The minimum Gasteiger partial charge on any atom is -0.493 e. The van der Waals surface area contributed by atoms with Gasteiger partial charge in [-0.15, -0.1) is 0 Å². The van der Waals surface area contributed by atoms with Crippen molar-refractivity contribution in [2.75, 3.05) is 48.4 Å². The van der Waals surface area contributed by atoms with Crippen molar-refractivity contribution >= 4 is 33.6 Å². The van der Waals surface area contributed by atoms with E-state index in [0.29, 0.717) is 68.6 Å². The average molecular weight is 783 g/mol. The van der Waals surface area contributed by atoms with Crippen molar-refractivity contribution < 1.29 is 42.2 Å². The fourth-order valence-electron chi connectivity index (χ4n) is 6.33. The highest BCUT2D eigenvalue weighted by Crippen LogP contribution is 2.43. The van der Waals surface area contributed by atoms with Crippen LogP contribution in [-0.4, -0.2) is 57.6 Å². The molecule has 2 aromatic heterocycles. The summed E-state index contributed by atoms with van der Waals surface area (Å²) in [7, 11) is 9.49. The molecular weight excluding hydrogens is 745 g/mol. The molecule has 8 rings (SSSR count). The fourth-order valence-corrected chi connectivity index (χ4v) is 6.33. The Morgan fingerprint density at radius 2 is 0.862 bits per heavy atom. The summed E-state index contributed by atoms with van der Waals surface area (Å²) in [5.41, 5.74) is 14.2. The molecule has 0 radical (unpaired) electrons. The van der Waals surface area contributed by atoms with Gasteiger partial charge in [0.2, 0.25) is 23.3 Å². The summed E-state index contributed by atoms with van der Waals surface area (Å²) >= 11 is 0. The van der Waals surface area contributed by atoms with Crippen LogP contribution in [-0.2, 0) is 0 Å². The van der Waals surface area contributed by atoms with Crippen LogP contribution in [0, 0.1) is 10.1 Å². The Bertz CT molecular complexity index is 2690. The summed E-state index contributed by atoms with van der Waals surface area (Å²) in [6.07, 6.45) is 0. The third-order valence-electron chi connectivity index (χ3n) is 9.25. The number of hydrogen-bond acceptors (Lipinski definition) is 13. The molecule has 14 nitrogen and oxygen atoms in total. The number of nitrogens with two attached hydrogens (primary N) is 1. The van der Waals surface area contributed by atoms with Crippen molar-refractivity contribution in [2.45, 2.75) is 0 Å². The van der Waals surface area contributed by atoms with Crippen molar-refractivity contribution in [1.82, 2.24) is 9.97 Å². The molecule has 2 N–H and O–H groups in total. The number of nitrogen functional groups attached to an aromatic ring is 1. The van der Waals surface area contributed by atoms with Gasteiger partial charge in [-0.1, -0.05) is 24.3 Å². The highest BCUT2D eigenvalue weighted by atomic mass is 16.6. The maximum Gasteiger partial charge on any atom is 0.271 e. The number of rotatable bonds is 11. The van der Waals surface area contributed by atoms with Crippen LogP contribution in [0.2, 0.25) is 0 Å². The van der Waals surface area contributed by atoms with E-state index in [0.717, 1.165) is 38.9 Å². The zero-order chi connectivity index (χ0) is 40.9. The van der Waals surface area contributed by atoms with Gasteiger partial charge in [0.1, 0.15) is 11.0 Å². The maximum absolute atomic E-state index is 10.9. The molecule has 6 aromatic carbocycles. The van der Waals surface area contributed by atoms with E-state index in [2.05, 4.69) is 9.97 Å². The minimum absolute atomic E-state index is 0.0277. The number of nitro benzene ring substituents is 1. The summed E-state index contributed by atoms with van der Waals surface area (Å²) < 4.78 is 44.0. The third-order valence-corrected chi connectivity index (χ3v) is 9.25. The molecule has 0 unspecified atom stereocenters. The smallest absolute Gasteiger partial charge is 0.271 e. The number of oxazole rings is 2. The summed E-state index contributed by atoms with van der Waals surface area (Å²) in [6.45, 7) is 0. The number of ether oxygens (including phenoxy) is 6. The molecule has 0 bridgehead atoms. The lowest BCUT2D eigenvalue weighted by molar-refractivity contribution is -0.384. The van der Waals surface area contributed by atoms with Gasteiger partial charge in [-0.25, -0.2) is 9.97 Å². The van der Waals surface area contributed by atoms with Gasteiger partial charge in [0, 0.05) is 28.9 Å². The number of anilines is 1. The minimum atomic E-state index is -0.458. The van der Waals surface area contributed by atoms with Crippen LogP contribution in [0.5, 0.6) is 34.5 Å². The molecule has 0 aliphatic carbocycles. The number of benzene rings is 6. The molecule has 0 aliphatic heterocycles. The van der Waals surface area contributed by atoms with Gasteiger partial charge in [0.15, 0.2) is 34.2 Å². The zero-order valence-electron chi connectivity index (χ0n) is 32.4. The van der Waals surface area contributed by atoms with Gasteiger partial charge in [-0.3, -0.25) is 10.1 Å². The highest BCUT2D eigenvalue weighted by molar-refractivity contribution is 5.81. The van der Waals surface area contributed by atoms with Crippen molar-refractivity contribution in [1.29, 1.82) is 0 Å². The largest absolute Gasteiger partial charge is 0.493 e. The van der Waals surface area contributed by atoms with Crippen LogP contribution < -0.4 is 34.2 Å². The van der Waals surface area contributed by atoms with Gasteiger partial charge in [-0.05, 0) is 95.1 Å². The SMILES string of the molecule is COc1cc(-c2ccc(-c3nc4cc(N)ccc4o3)cc2)cc(OC)c1OC.COc1cc(-c2ccc(-c3nc4cc([N+](=O)[O-])ccc4o3)cc2)cc(OC)c1OC. The predicted octanol–water partition coefficient (Wildman–Crippen LogP) is 9.87. The predicted molar refractivity (Wildman–Crippen MR) is 220 cm³/mol. The van der Waals surface area contributed by atoms with E-state index in [-0.39, 0.29) is 5.69 Å². The second-order valence-corrected chi connectivity index (χ2v) is 12.7. The standard InChI is InChI=1S/C22H18N2O6.C22H20N2O4/c1-27-19-10-15(11-20(28-2)21(19)29-3)13-4-6-14(7-5-13)22-23-17-12-16(24(25)26)8-9-18(17)30-22;1-25-19-10-15(11-20(26-2)21(19)27-3)13-4-6-14(7-5-13)22-24-17-12-16(23)8-9-18(17)28-22/h4-12H,1-3H3;4-12H,23H2,1-3H3. The van der Waals surface area contributed by atoms with Crippen LogP contribution in [0.25, 0.3) is 67.4 Å². The second-order valence-electron chi connectivity index (χ2n) is 12.7. The molecule has 8 aromatic rings. The Morgan fingerprint density at radius 1 is 0.483 bits per heavy atom. The fraction of sp³-hybridized carbons (Fsp3) is 0.136. The first-order valence-corrected chi connectivity index (χ1v) is 17.7. The zero-order valence-corrected chi connectivity index (χ0v) is 32.4. The van der Waals surface area contributed by atoms with E-state index in [4.69, 9.17) is 43.0 Å². The number of methoxy groups -OCH3 is 6. The van der Waals surface area contributed by atoms with Crippen LogP contribution >= 0.6 is 0 Å². The number of nitro groups is 1. The molecule has 0 amide bonds. The van der Waals surface area contributed by atoms with Crippen molar-refractivity contribution in [3.05, 3.63) is 119 Å². The summed E-state index contributed by atoms with van der Waals surface area (Å²) in [5, 5.41) is 10.9. The first kappa shape index (κ1) is 38.5. The lowest BCUT2D eigenvalue weighted by Crippen LogP contribution is -1.95. The Balaban J connectivity index is 0.000000177. The Morgan fingerprint density at radius 3 is 1.24 bits per heavy atom. The van der Waals surface area contributed by atoms with Gasteiger partial charge in [0.05, 0.1) is 47.6 Å². The number of fused-ring (bicyclic) bond motifs is 2. The molecule has 0 atom stereocenters. The normalized spacial score (nSPS) is 10.8. The second kappa shape index (κ2) is 16.5. The van der Waals surface area contributed by atoms with Crippen LogP contribution in [0.15, 0.2) is 118 Å². The van der Waals surface area contributed by atoms with Crippen molar-refractivity contribution in [3.63, 3.8) is 0 Å². The van der Waals surface area contributed by atoms with E-state index in [1.54, 1.807) is 60.9 Å². The van der Waals surface area contributed by atoms with Crippen LogP contribution in [0.3, 0.4) is 0 Å². The quantitative estimate of drug-likeness (QED) is 0.0746. The van der Waals surface area contributed by atoms with Crippen molar-refractivity contribution in [2.24, 2.45) is 0 Å². The Labute approximate surface area is 332 Å². The van der Waals surface area contributed by atoms with Gasteiger partial charge in [0.25, 0.3) is 5.69 Å². The van der Waals surface area contributed by atoms with E-state index in [1.165, 1.54) is 12.1 Å². The average Bonchev–Trinajstić information content (AvgIpc) is 3.89. The molecule has 2 heterocycles. The summed E-state index contributed by atoms with van der Waals surface area (Å²) in [6, 6.07) is 32.9. The summed E-state index contributed by atoms with van der Waals surface area (Å²) in [5.74, 6) is 4.39. The van der Waals surface area contributed by atoms with Crippen LogP contribution in [0.4, 0.5) is 11.4 Å². The van der Waals surface area contributed by atoms with Crippen LogP contribution in [0.1, 0.15) is 0 Å². The van der Waals surface area contributed by atoms with E-state index < -0.39 is 4.92 Å².